The number of halogens is 5. The number of phenolic OH excluding ortho intramolecular Hbond substituents is 1. The summed E-state index contributed by atoms with van der Waals surface area (Å²) in [7, 11) is 0.964. The van der Waals surface area contributed by atoms with E-state index in [9.17, 15) is 27.5 Å². The summed E-state index contributed by atoms with van der Waals surface area (Å²) in [6.07, 6.45) is -4.87. The van der Waals surface area contributed by atoms with Crippen LogP contribution < -0.4 is 10.3 Å². The molecule has 2 aromatic rings. The van der Waals surface area contributed by atoms with Crippen LogP contribution >= 0.6 is 11.6 Å². The van der Waals surface area contributed by atoms with Gasteiger partial charge in [-0.15, -0.1) is 0 Å². The molecular formula is C12H7ClF4N2O3. The van der Waals surface area contributed by atoms with Crippen molar-refractivity contribution >= 4 is 11.6 Å². The zero-order valence-electron chi connectivity index (χ0n) is 10.8. The van der Waals surface area contributed by atoms with Crippen LogP contribution in [0.3, 0.4) is 0 Å². The Hall–Kier alpha value is -2.29. The Kier molecular flexibility index (Phi) is 4.01. The third-order valence-corrected chi connectivity index (χ3v) is 2.92. The van der Waals surface area contributed by atoms with Crippen LogP contribution in [-0.4, -0.2) is 21.8 Å². The van der Waals surface area contributed by atoms with Gasteiger partial charge >= 0.3 is 12.2 Å². The molecule has 0 spiro atoms. The van der Waals surface area contributed by atoms with Gasteiger partial charge in [-0.05, 0) is 6.07 Å². The molecule has 0 unspecified atom stereocenters. The monoisotopic (exact) mass is 338 g/mol. The molecule has 1 heterocycles. The lowest BCUT2D eigenvalue weighted by Gasteiger charge is -2.14. The first-order valence-electron chi connectivity index (χ1n) is 5.59. The molecule has 5 nitrogen and oxygen atoms in total. The maximum absolute atomic E-state index is 13.9. The average molecular weight is 339 g/mol. The van der Waals surface area contributed by atoms with E-state index >= 15 is 0 Å². The van der Waals surface area contributed by atoms with Crippen molar-refractivity contribution in [3.63, 3.8) is 0 Å². The Balaban J connectivity index is 2.77. The number of nitrogens with zero attached hydrogens (tertiary/aromatic N) is 2. The molecule has 0 atom stereocenters. The number of alkyl halides is 3. The molecular weight excluding hydrogens is 332 g/mol. The van der Waals surface area contributed by atoms with Crippen LogP contribution in [0.2, 0.25) is 5.02 Å². The van der Waals surface area contributed by atoms with Gasteiger partial charge in [0.25, 0.3) is 5.56 Å². The smallest absolute Gasteiger partial charge is 0.433 e. The lowest BCUT2D eigenvalue weighted by molar-refractivity contribution is -0.141. The molecule has 118 valence electrons. The maximum atomic E-state index is 13.9. The van der Waals surface area contributed by atoms with Crippen LogP contribution in [0.4, 0.5) is 17.6 Å². The summed E-state index contributed by atoms with van der Waals surface area (Å²) < 4.78 is 56.8. The van der Waals surface area contributed by atoms with E-state index in [-0.39, 0.29) is 11.1 Å². The van der Waals surface area contributed by atoms with Gasteiger partial charge in [0.05, 0.1) is 17.8 Å². The Morgan fingerprint density at radius 1 is 1.32 bits per heavy atom. The van der Waals surface area contributed by atoms with Crippen LogP contribution in [0.1, 0.15) is 5.69 Å². The fourth-order valence-electron chi connectivity index (χ4n) is 1.66. The summed E-state index contributed by atoms with van der Waals surface area (Å²) in [6, 6.07) is 0.875. The first-order valence-corrected chi connectivity index (χ1v) is 5.96. The number of rotatable bonds is 2. The van der Waals surface area contributed by atoms with Crippen LogP contribution in [0, 0.1) is 5.82 Å². The summed E-state index contributed by atoms with van der Waals surface area (Å²) in [5.41, 5.74) is -3.27. The molecule has 0 aliphatic heterocycles. The van der Waals surface area contributed by atoms with Crippen molar-refractivity contribution in [1.29, 1.82) is 0 Å². The molecule has 0 amide bonds. The largest absolute Gasteiger partial charge is 0.506 e. The first kappa shape index (κ1) is 16.1. The second-order valence-corrected chi connectivity index (χ2v) is 4.46. The van der Waals surface area contributed by atoms with Crippen LogP contribution in [-0.2, 0) is 6.18 Å². The van der Waals surface area contributed by atoms with Crippen molar-refractivity contribution in [2.45, 2.75) is 6.18 Å². The molecule has 10 heteroatoms. The van der Waals surface area contributed by atoms with Gasteiger partial charge in [-0.2, -0.15) is 18.2 Å². The molecule has 0 fully saturated rings. The highest BCUT2D eigenvalue weighted by molar-refractivity contribution is 6.32. The predicted molar refractivity (Wildman–Crippen MR) is 68.0 cm³/mol. The number of aromatic nitrogens is 2. The molecule has 0 saturated heterocycles. The Morgan fingerprint density at radius 3 is 2.50 bits per heavy atom. The van der Waals surface area contributed by atoms with Crippen molar-refractivity contribution in [2.75, 3.05) is 7.11 Å². The van der Waals surface area contributed by atoms with Gasteiger partial charge in [0.15, 0.2) is 5.69 Å². The molecule has 1 aromatic heterocycles. The summed E-state index contributed by atoms with van der Waals surface area (Å²) in [4.78, 5) is 15.0. The van der Waals surface area contributed by atoms with Gasteiger partial charge < -0.3 is 9.84 Å². The molecule has 0 aliphatic rings. The second kappa shape index (κ2) is 5.48. The minimum Gasteiger partial charge on any atom is -0.506 e. The van der Waals surface area contributed by atoms with Gasteiger partial charge in [-0.25, -0.2) is 8.96 Å². The summed E-state index contributed by atoms with van der Waals surface area (Å²) in [5.74, 6) is -1.61. The van der Waals surface area contributed by atoms with Crippen molar-refractivity contribution in [3.8, 4) is 17.4 Å². The normalized spacial score (nSPS) is 11.5. The van der Waals surface area contributed by atoms with Crippen LogP contribution in [0.15, 0.2) is 23.0 Å². The Morgan fingerprint density at radius 2 is 1.95 bits per heavy atom. The van der Waals surface area contributed by atoms with E-state index in [1.165, 1.54) is 0 Å². The number of methoxy groups -OCH3 is 1. The minimum atomic E-state index is -4.87. The highest BCUT2D eigenvalue weighted by Gasteiger charge is 2.34. The van der Waals surface area contributed by atoms with Crippen molar-refractivity contribution in [2.24, 2.45) is 0 Å². The molecule has 1 N–H and O–H groups in total. The standard InChI is InChI=1S/C12H7ClF4N2O3/c1-22-11-18-9(12(15,16)17)4-10(21)19(11)7-3-8(20)5(13)2-6(7)14/h2-4,20H,1H3. The highest BCUT2D eigenvalue weighted by Crippen LogP contribution is 2.31. The molecule has 1 aromatic carbocycles. The zero-order chi connectivity index (χ0) is 16.7. The van der Waals surface area contributed by atoms with Crippen molar-refractivity contribution in [3.05, 3.63) is 45.1 Å². The van der Waals surface area contributed by atoms with E-state index in [2.05, 4.69) is 9.72 Å². The number of aromatic hydroxyl groups is 1. The predicted octanol–water partition coefficient (Wildman–Crippen LogP) is 2.76. The minimum absolute atomic E-state index is 0.188. The molecule has 0 bridgehead atoms. The van der Waals surface area contributed by atoms with E-state index < -0.39 is 40.7 Å². The fourth-order valence-corrected chi connectivity index (χ4v) is 1.81. The molecule has 22 heavy (non-hydrogen) atoms. The van der Waals surface area contributed by atoms with E-state index in [4.69, 9.17) is 11.6 Å². The third-order valence-electron chi connectivity index (χ3n) is 2.62. The van der Waals surface area contributed by atoms with E-state index in [1.54, 1.807) is 0 Å². The third kappa shape index (κ3) is 2.84. The highest BCUT2D eigenvalue weighted by atomic mass is 35.5. The maximum Gasteiger partial charge on any atom is 0.433 e. The zero-order valence-corrected chi connectivity index (χ0v) is 11.5. The van der Waals surface area contributed by atoms with Crippen molar-refractivity contribution in [1.82, 2.24) is 9.55 Å². The van der Waals surface area contributed by atoms with Gasteiger partial charge in [-0.1, -0.05) is 11.6 Å². The lowest BCUT2D eigenvalue weighted by atomic mass is 10.2. The molecule has 0 radical (unpaired) electrons. The fraction of sp³-hybridized carbons (Fsp3) is 0.167. The second-order valence-electron chi connectivity index (χ2n) is 4.05. The van der Waals surface area contributed by atoms with Crippen molar-refractivity contribution < 1.29 is 27.4 Å². The number of hydrogen-bond acceptors (Lipinski definition) is 4. The Bertz CT molecular complexity index is 789. The van der Waals surface area contributed by atoms with Crippen LogP contribution in [0.5, 0.6) is 11.8 Å². The van der Waals surface area contributed by atoms with E-state index in [0.717, 1.165) is 13.2 Å². The molecule has 0 aliphatic carbocycles. The first-order chi connectivity index (χ1) is 10.1. The molecule has 0 saturated carbocycles. The summed E-state index contributed by atoms with van der Waals surface area (Å²) in [6.45, 7) is 0. The van der Waals surface area contributed by atoms with E-state index in [1.807, 2.05) is 0 Å². The number of phenols is 1. The molecule has 2 rings (SSSR count). The number of ether oxygens (including phenoxy) is 1. The topological polar surface area (TPSA) is 64.3 Å². The summed E-state index contributed by atoms with van der Waals surface area (Å²) >= 11 is 5.50. The SMILES string of the molecule is COc1nc(C(F)(F)F)cc(=O)n1-c1cc(O)c(Cl)cc1F. The Labute approximate surface area is 125 Å². The van der Waals surface area contributed by atoms with Gasteiger partial charge in [0.2, 0.25) is 0 Å². The average Bonchev–Trinajstić information content (AvgIpc) is 2.41. The van der Waals surface area contributed by atoms with Gasteiger partial charge in [0.1, 0.15) is 11.6 Å². The number of hydrogen-bond donors (Lipinski definition) is 1. The summed E-state index contributed by atoms with van der Waals surface area (Å²) in [5, 5.41) is 9.14. The van der Waals surface area contributed by atoms with Crippen LogP contribution in [0.25, 0.3) is 5.69 Å². The van der Waals surface area contributed by atoms with E-state index in [0.29, 0.717) is 10.6 Å². The quantitative estimate of drug-likeness (QED) is 0.855. The lowest BCUT2D eigenvalue weighted by Crippen LogP contribution is -2.25. The van der Waals surface area contributed by atoms with Gasteiger partial charge in [-0.3, -0.25) is 4.79 Å². The van der Waals surface area contributed by atoms with Gasteiger partial charge in [0, 0.05) is 12.1 Å². The number of benzene rings is 1.